The van der Waals surface area contributed by atoms with E-state index in [1.807, 2.05) is 30.3 Å². The first kappa shape index (κ1) is 13.4. The van der Waals surface area contributed by atoms with Gasteiger partial charge in [-0.25, -0.2) is 0 Å². The smallest absolute Gasteiger partial charge is 0.241 e. The lowest BCUT2D eigenvalue weighted by Crippen LogP contribution is -2.45. The summed E-state index contributed by atoms with van der Waals surface area (Å²) in [5.74, 6) is -0.502. The number of rotatable bonds is 4. The van der Waals surface area contributed by atoms with Gasteiger partial charge in [0.25, 0.3) is 0 Å². The number of para-hydroxylation sites is 1. The van der Waals surface area contributed by atoms with Crippen molar-refractivity contribution in [3.63, 3.8) is 0 Å². The predicted molar refractivity (Wildman–Crippen MR) is 73.4 cm³/mol. The zero-order chi connectivity index (χ0) is 13.7. The van der Waals surface area contributed by atoms with Crippen molar-refractivity contribution >= 4 is 17.5 Å². The van der Waals surface area contributed by atoms with Crippen LogP contribution in [0.4, 0.5) is 5.69 Å². The van der Waals surface area contributed by atoms with Crippen molar-refractivity contribution < 1.29 is 9.59 Å². The number of likely N-dealkylation sites (tertiary alicyclic amines) is 1. The third kappa shape index (κ3) is 3.71. The minimum atomic E-state index is -0.312. The van der Waals surface area contributed by atoms with Crippen LogP contribution in [-0.4, -0.2) is 36.3 Å². The molecular formula is C14H19N3O2. The van der Waals surface area contributed by atoms with Gasteiger partial charge in [0.1, 0.15) is 0 Å². The summed E-state index contributed by atoms with van der Waals surface area (Å²) in [6.45, 7) is 1.40. The molecule has 1 aliphatic heterocycles. The fraction of sp³-hybridized carbons (Fsp3) is 0.429. The van der Waals surface area contributed by atoms with Crippen LogP contribution in [0.15, 0.2) is 30.3 Å². The van der Waals surface area contributed by atoms with Crippen LogP contribution >= 0.6 is 0 Å². The SMILES string of the molecule is NC(=O)C1CCCN(C(=O)CNc2ccccc2)C1. The lowest BCUT2D eigenvalue weighted by molar-refractivity contribution is -0.133. The van der Waals surface area contributed by atoms with E-state index in [0.717, 1.165) is 18.5 Å². The van der Waals surface area contributed by atoms with Gasteiger partial charge in [-0.05, 0) is 25.0 Å². The Labute approximate surface area is 112 Å². The van der Waals surface area contributed by atoms with Gasteiger partial charge in [0, 0.05) is 18.8 Å². The second kappa shape index (κ2) is 6.22. The van der Waals surface area contributed by atoms with Gasteiger partial charge in [-0.1, -0.05) is 18.2 Å². The van der Waals surface area contributed by atoms with Crippen LogP contribution in [0, 0.1) is 5.92 Å². The van der Waals surface area contributed by atoms with Crippen molar-refractivity contribution in [1.29, 1.82) is 0 Å². The number of anilines is 1. The van der Waals surface area contributed by atoms with Gasteiger partial charge in [-0.2, -0.15) is 0 Å². The third-order valence-corrected chi connectivity index (χ3v) is 3.39. The molecule has 1 aliphatic rings. The number of hydrogen-bond donors (Lipinski definition) is 2. The Hall–Kier alpha value is -2.04. The predicted octanol–water partition coefficient (Wildman–Crippen LogP) is 0.822. The molecule has 2 amide bonds. The number of nitrogens with one attached hydrogen (secondary N) is 1. The zero-order valence-electron chi connectivity index (χ0n) is 10.8. The van der Waals surface area contributed by atoms with E-state index in [2.05, 4.69) is 5.32 Å². The molecule has 0 bridgehead atoms. The standard InChI is InChI=1S/C14H19N3O2/c15-14(19)11-5-4-8-17(10-11)13(18)9-16-12-6-2-1-3-7-12/h1-3,6-7,11,16H,4-5,8-10H2,(H2,15,19). The number of benzene rings is 1. The highest BCUT2D eigenvalue weighted by Gasteiger charge is 2.26. The Bertz CT molecular complexity index is 447. The molecule has 1 aromatic carbocycles. The van der Waals surface area contributed by atoms with Crippen molar-refractivity contribution in [3.05, 3.63) is 30.3 Å². The summed E-state index contributed by atoms with van der Waals surface area (Å²) < 4.78 is 0. The topological polar surface area (TPSA) is 75.4 Å². The zero-order valence-corrected chi connectivity index (χ0v) is 10.8. The molecule has 5 nitrogen and oxygen atoms in total. The van der Waals surface area contributed by atoms with Crippen molar-refractivity contribution in [3.8, 4) is 0 Å². The van der Waals surface area contributed by atoms with Gasteiger partial charge < -0.3 is 16.0 Å². The van der Waals surface area contributed by atoms with Gasteiger partial charge in [0.2, 0.25) is 11.8 Å². The van der Waals surface area contributed by atoms with Gasteiger partial charge >= 0.3 is 0 Å². The highest BCUT2D eigenvalue weighted by Crippen LogP contribution is 2.16. The van der Waals surface area contributed by atoms with Gasteiger partial charge in [-0.15, -0.1) is 0 Å². The number of hydrogen-bond acceptors (Lipinski definition) is 3. The van der Waals surface area contributed by atoms with E-state index in [1.54, 1.807) is 4.90 Å². The Morgan fingerprint density at radius 3 is 2.74 bits per heavy atom. The fourth-order valence-corrected chi connectivity index (χ4v) is 2.28. The molecule has 2 rings (SSSR count). The quantitative estimate of drug-likeness (QED) is 0.842. The summed E-state index contributed by atoms with van der Waals surface area (Å²) >= 11 is 0. The molecule has 1 saturated heterocycles. The Kier molecular flexibility index (Phi) is 4.39. The van der Waals surface area contributed by atoms with E-state index in [-0.39, 0.29) is 24.3 Å². The largest absolute Gasteiger partial charge is 0.376 e. The number of carbonyl (C=O) groups excluding carboxylic acids is 2. The molecule has 5 heteroatoms. The lowest BCUT2D eigenvalue weighted by atomic mass is 9.97. The normalized spacial score (nSPS) is 18.9. The minimum absolute atomic E-state index is 0.00908. The van der Waals surface area contributed by atoms with Gasteiger partial charge in [0.15, 0.2) is 0 Å². The molecule has 3 N–H and O–H groups in total. The maximum atomic E-state index is 12.1. The van der Waals surface area contributed by atoms with E-state index in [4.69, 9.17) is 5.73 Å². The Balaban J connectivity index is 1.84. The molecule has 102 valence electrons. The minimum Gasteiger partial charge on any atom is -0.376 e. The molecule has 0 aliphatic carbocycles. The molecule has 1 atom stereocenters. The number of primary amides is 1. The summed E-state index contributed by atoms with van der Waals surface area (Å²) in [5.41, 5.74) is 6.22. The molecule has 19 heavy (non-hydrogen) atoms. The maximum Gasteiger partial charge on any atom is 0.241 e. The van der Waals surface area contributed by atoms with Gasteiger partial charge in [-0.3, -0.25) is 9.59 Å². The number of nitrogens with zero attached hydrogens (tertiary/aromatic N) is 1. The van der Waals surface area contributed by atoms with Crippen molar-refractivity contribution in [2.75, 3.05) is 25.0 Å². The first-order chi connectivity index (χ1) is 9.16. The van der Waals surface area contributed by atoms with Crippen LogP contribution in [0.5, 0.6) is 0 Å². The molecule has 0 spiro atoms. The van der Waals surface area contributed by atoms with E-state index in [9.17, 15) is 9.59 Å². The highest BCUT2D eigenvalue weighted by atomic mass is 16.2. The van der Waals surface area contributed by atoms with Crippen molar-refractivity contribution in [2.45, 2.75) is 12.8 Å². The fourth-order valence-electron chi connectivity index (χ4n) is 2.28. The second-order valence-electron chi connectivity index (χ2n) is 4.80. The molecule has 1 heterocycles. The van der Waals surface area contributed by atoms with Crippen molar-refractivity contribution in [2.24, 2.45) is 11.7 Å². The van der Waals surface area contributed by atoms with Crippen LogP contribution in [-0.2, 0) is 9.59 Å². The molecule has 0 aromatic heterocycles. The van der Waals surface area contributed by atoms with Crippen LogP contribution < -0.4 is 11.1 Å². The molecule has 1 unspecified atom stereocenters. The number of carbonyl (C=O) groups is 2. The maximum absolute atomic E-state index is 12.1. The summed E-state index contributed by atoms with van der Waals surface area (Å²) in [4.78, 5) is 24.9. The lowest BCUT2D eigenvalue weighted by Gasteiger charge is -2.31. The molecule has 1 fully saturated rings. The van der Waals surface area contributed by atoms with E-state index in [1.165, 1.54) is 0 Å². The number of amides is 2. The van der Waals surface area contributed by atoms with Gasteiger partial charge in [0.05, 0.1) is 12.5 Å². The third-order valence-electron chi connectivity index (χ3n) is 3.39. The molecule has 0 saturated carbocycles. The molecule has 0 radical (unpaired) electrons. The van der Waals surface area contributed by atoms with Crippen LogP contribution in [0.1, 0.15) is 12.8 Å². The molecule has 1 aromatic rings. The highest BCUT2D eigenvalue weighted by molar-refractivity contribution is 5.82. The Morgan fingerprint density at radius 1 is 1.32 bits per heavy atom. The molecular weight excluding hydrogens is 242 g/mol. The summed E-state index contributed by atoms with van der Waals surface area (Å²) in [6.07, 6.45) is 1.62. The summed E-state index contributed by atoms with van der Waals surface area (Å²) in [6, 6.07) is 9.58. The first-order valence-electron chi connectivity index (χ1n) is 6.53. The monoisotopic (exact) mass is 261 g/mol. The summed E-state index contributed by atoms with van der Waals surface area (Å²) in [5, 5.41) is 3.08. The average Bonchev–Trinajstić information content (AvgIpc) is 2.46. The Morgan fingerprint density at radius 2 is 2.05 bits per heavy atom. The summed E-state index contributed by atoms with van der Waals surface area (Å²) in [7, 11) is 0. The van der Waals surface area contributed by atoms with Crippen LogP contribution in [0.25, 0.3) is 0 Å². The van der Waals surface area contributed by atoms with Crippen LogP contribution in [0.3, 0.4) is 0 Å². The number of piperidine rings is 1. The van der Waals surface area contributed by atoms with E-state index < -0.39 is 0 Å². The van der Waals surface area contributed by atoms with Crippen molar-refractivity contribution in [1.82, 2.24) is 4.90 Å². The van der Waals surface area contributed by atoms with E-state index in [0.29, 0.717) is 13.1 Å². The first-order valence-corrected chi connectivity index (χ1v) is 6.53. The van der Waals surface area contributed by atoms with E-state index >= 15 is 0 Å². The number of nitrogens with two attached hydrogens (primary N) is 1. The van der Waals surface area contributed by atoms with Crippen LogP contribution in [0.2, 0.25) is 0 Å². The average molecular weight is 261 g/mol. The second-order valence-corrected chi connectivity index (χ2v) is 4.80.